The molecule has 2 nitrogen and oxygen atoms in total. The van der Waals surface area contributed by atoms with Crippen LogP contribution in [-0.4, -0.2) is 0 Å². The van der Waals surface area contributed by atoms with E-state index >= 15 is 0 Å². The van der Waals surface area contributed by atoms with Gasteiger partial charge in [0.2, 0.25) is 0 Å². The fourth-order valence-electron chi connectivity index (χ4n) is 0.793. The Bertz CT molecular complexity index is 215. The summed E-state index contributed by atoms with van der Waals surface area (Å²) in [4.78, 5) is 0. The lowest BCUT2D eigenvalue weighted by molar-refractivity contribution is 1.07. The first kappa shape index (κ1) is 7.81. The largest absolute Gasteiger partial charge is 0.399 e. The van der Waals surface area contributed by atoms with E-state index in [-0.39, 0.29) is 0 Å². The van der Waals surface area contributed by atoms with Crippen molar-refractivity contribution in [3.63, 3.8) is 0 Å². The van der Waals surface area contributed by atoms with Crippen molar-refractivity contribution in [1.29, 1.82) is 0 Å². The average molecular weight is 248 g/mol. The molecule has 0 saturated carbocycles. The second-order valence-electron chi connectivity index (χ2n) is 2.10. The molecule has 0 aliphatic rings. The van der Waals surface area contributed by atoms with Crippen molar-refractivity contribution in [1.82, 2.24) is 0 Å². The highest BCUT2D eigenvalue weighted by Gasteiger charge is 1.92. The van der Waals surface area contributed by atoms with Gasteiger partial charge in [0, 0.05) is 15.8 Å². The summed E-state index contributed by atoms with van der Waals surface area (Å²) in [6, 6.07) is 5.83. The van der Waals surface area contributed by atoms with Gasteiger partial charge in [0.1, 0.15) is 0 Å². The van der Waals surface area contributed by atoms with Crippen LogP contribution in [0.2, 0.25) is 0 Å². The maximum Gasteiger partial charge on any atom is 0.0327 e. The van der Waals surface area contributed by atoms with Gasteiger partial charge in [-0.1, -0.05) is 0 Å². The molecule has 1 aromatic carbocycles. The maximum absolute atomic E-state index is 5.57. The average Bonchev–Trinajstić information content (AvgIpc) is 1.85. The van der Waals surface area contributed by atoms with Crippen LogP contribution in [0.15, 0.2) is 18.2 Å². The molecule has 4 N–H and O–H groups in total. The topological polar surface area (TPSA) is 52.0 Å². The molecule has 0 heterocycles. The predicted octanol–water partition coefficient (Wildman–Crippen LogP) is 1.33. The summed E-state index contributed by atoms with van der Waals surface area (Å²) in [5.74, 6) is 0. The molecule has 1 rings (SSSR count). The molecular formula is C7H9IN2. The fourth-order valence-corrected chi connectivity index (χ4v) is 1.55. The van der Waals surface area contributed by atoms with E-state index in [1.54, 1.807) is 0 Å². The maximum atomic E-state index is 5.57. The van der Waals surface area contributed by atoms with Crippen molar-refractivity contribution in [2.45, 2.75) is 6.54 Å². The first-order chi connectivity index (χ1) is 4.72. The zero-order valence-corrected chi connectivity index (χ0v) is 7.63. The number of halogens is 1. The smallest absolute Gasteiger partial charge is 0.0327 e. The Morgan fingerprint density at radius 3 is 2.50 bits per heavy atom. The van der Waals surface area contributed by atoms with Crippen LogP contribution in [0, 0.1) is 3.57 Å². The third kappa shape index (κ3) is 1.85. The molecule has 0 fully saturated rings. The number of hydrogen-bond acceptors (Lipinski definition) is 2. The molecule has 0 atom stereocenters. The molecule has 54 valence electrons. The summed E-state index contributed by atoms with van der Waals surface area (Å²) in [6.07, 6.45) is 0. The first-order valence-electron chi connectivity index (χ1n) is 2.97. The summed E-state index contributed by atoms with van der Waals surface area (Å²) in [5.41, 5.74) is 12.9. The Kier molecular flexibility index (Phi) is 2.50. The van der Waals surface area contributed by atoms with Crippen LogP contribution >= 0.6 is 22.6 Å². The molecule has 1 aromatic rings. The van der Waals surface area contributed by atoms with E-state index in [4.69, 9.17) is 11.5 Å². The molecule has 0 aliphatic heterocycles. The van der Waals surface area contributed by atoms with Crippen LogP contribution in [0.5, 0.6) is 0 Å². The van der Waals surface area contributed by atoms with E-state index < -0.39 is 0 Å². The van der Waals surface area contributed by atoms with Gasteiger partial charge in [0.05, 0.1) is 0 Å². The van der Waals surface area contributed by atoms with E-state index in [9.17, 15) is 0 Å². The lowest BCUT2D eigenvalue weighted by atomic mass is 10.2. The normalized spacial score (nSPS) is 9.80. The van der Waals surface area contributed by atoms with Crippen molar-refractivity contribution >= 4 is 28.3 Å². The number of rotatable bonds is 1. The monoisotopic (exact) mass is 248 g/mol. The highest BCUT2D eigenvalue weighted by molar-refractivity contribution is 14.1. The molecule has 3 heteroatoms. The van der Waals surface area contributed by atoms with Crippen LogP contribution in [0.3, 0.4) is 0 Å². The Labute approximate surface area is 73.7 Å². The quantitative estimate of drug-likeness (QED) is 0.582. The van der Waals surface area contributed by atoms with Crippen LogP contribution in [-0.2, 0) is 6.54 Å². The first-order valence-corrected chi connectivity index (χ1v) is 4.05. The molecular weight excluding hydrogens is 239 g/mol. The number of nitrogen functional groups attached to an aromatic ring is 1. The Hall–Kier alpha value is -0.290. The number of benzene rings is 1. The van der Waals surface area contributed by atoms with Crippen molar-refractivity contribution in [3.8, 4) is 0 Å². The summed E-state index contributed by atoms with van der Waals surface area (Å²) in [7, 11) is 0. The molecule has 0 saturated heterocycles. The van der Waals surface area contributed by atoms with Crippen molar-refractivity contribution < 1.29 is 0 Å². The van der Waals surface area contributed by atoms with Crippen LogP contribution in [0.4, 0.5) is 5.69 Å². The minimum Gasteiger partial charge on any atom is -0.399 e. The van der Waals surface area contributed by atoms with Crippen molar-refractivity contribution in [2.24, 2.45) is 5.73 Å². The van der Waals surface area contributed by atoms with Crippen LogP contribution in [0.1, 0.15) is 5.56 Å². The van der Waals surface area contributed by atoms with E-state index in [0.29, 0.717) is 6.54 Å². The van der Waals surface area contributed by atoms with E-state index in [1.807, 2.05) is 18.2 Å². The predicted molar refractivity (Wildman–Crippen MR) is 51.5 cm³/mol. The Morgan fingerprint density at radius 1 is 1.30 bits per heavy atom. The zero-order chi connectivity index (χ0) is 7.56. The van der Waals surface area contributed by atoms with Crippen LogP contribution < -0.4 is 11.5 Å². The van der Waals surface area contributed by atoms with E-state index in [0.717, 1.165) is 14.8 Å². The van der Waals surface area contributed by atoms with Crippen molar-refractivity contribution in [3.05, 3.63) is 27.3 Å². The molecule has 0 bridgehead atoms. The fraction of sp³-hybridized carbons (Fsp3) is 0.143. The second-order valence-corrected chi connectivity index (χ2v) is 3.34. The van der Waals surface area contributed by atoms with E-state index in [2.05, 4.69) is 22.6 Å². The van der Waals surface area contributed by atoms with Gasteiger partial charge in [0.15, 0.2) is 0 Å². The SMILES string of the molecule is NCc1cc(N)cc(I)c1. The van der Waals surface area contributed by atoms with Gasteiger partial charge in [0.25, 0.3) is 0 Å². The highest BCUT2D eigenvalue weighted by Crippen LogP contribution is 2.12. The molecule has 0 amide bonds. The number of anilines is 1. The minimum atomic E-state index is 0.557. The van der Waals surface area contributed by atoms with Crippen LogP contribution in [0.25, 0.3) is 0 Å². The summed E-state index contributed by atoms with van der Waals surface area (Å²) in [6.45, 7) is 0.557. The van der Waals surface area contributed by atoms with Crippen molar-refractivity contribution in [2.75, 3.05) is 5.73 Å². The van der Waals surface area contributed by atoms with Gasteiger partial charge in [-0.2, -0.15) is 0 Å². The van der Waals surface area contributed by atoms with Gasteiger partial charge in [-0.05, 0) is 46.4 Å². The molecule has 0 radical (unpaired) electrons. The lowest BCUT2D eigenvalue weighted by Crippen LogP contribution is -1.98. The molecule has 0 aliphatic carbocycles. The molecule has 0 spiro atoms. The summed E-state index contributed by atoms with van der Waals surface area (Å²) in [5, 5.41) is 0. The van der Waals surface area contributed by atoms with Gasteiger partial charge < -0.3 is 11.5 Å². The summed E-state index contributed by atoms with van der Waals surface area (Å²) < 4.78 is 1.14. The number of hydrogen-bond donors (Lipinski definition) is 2. The zero-order valence-electron chi connectivity index (χ0n) is 5.47. The molecule has 0 aromatic heterocycles. The highest BCUT2D eigenvalue weighted by atomic mass is 127. The van der Waals surface area contributed by atoms with Gasteiger partial charge in [-0.3, -0.25) is 0 Å². The third-order valence-corrected chi connectivity index (χ3v) is 1.84. The molecule has 10 heavy (non-hydrogen) atoms. The van der Waals surface area contributed by atoms with Gasteiger partial charge >= 0.3 is 0 Å². The number of nitrogens with two attached hydrogens (primary N) is 2. The minimum absolute atomic E-state index is 0.557. The Morgan fingerprint density at radius 2 is 2.00 bits per heavy atom. The van der Waals surface area contributed by atoms with Gasteiger partial charge in [-0.15, -0.1) is 0 Å². The van der Waals surface area contributed by atoms with E-state index in [1.165, 1.54) is 0 Å². The second kappa shape index (κ2) is 3.21. The summed E-state index contributed by atoms with van der Waals surface area (Å²) >= 11 is 2.22. The van der Waals surface area contributed by atoms with Gasteiger partial charge in [-0.25, -0.2) is 0 Å². The Balaban J connectivity index is 3.06. The third-order valence-electron chi connectivity index (χ3n) is 1.22. The lowest BCUT2D eigenvalue weighted by Gasteiger charge is -1.99. The standard InChI is InChI=1S/C7H9IN2/c8-6-1-5(4-9)2-7(10)3-6/h1-3H,4,9-10H2. The molecule has 0 unspecified atom stereocenters.